The fourth-order valence-corrected chi connectivity index (χ4v) is 3.29. The summed E-state index contributed by atoms with van der Waals surface area (Å²) in [5, 5.41) is 7.35. The summed E-state index contributed by atoms with van der Waals surface area (Å²) < 4.78 is 0. The van der Waals surface area contributed by atoms with Gasteiger partial charge in [-0.2, -0.15) is 0 Å². The van der Waals surface area contributed by atoms with Gasteiger partial charge in [-0.15, -0.1) is 0 Å². The molecule has 0 aromatic rings. The van der Waals surface area contributed by atoms with Crippen molar-refractivity contribution in [1.82, 2.24) is 10.6 Å². The van der Waals surface area contributed by atoms with Gasteiger partial charge in [0, 0.05) is 12.6 Å². The summed E-state index contributed by atoms with van der Waals surface area (Å²) >= 11 is 0. The first-order valence-corrected chi connectivity index (χ1v) is 7.98. The summed E-state index contributed by atoms with van der Waals surface area (Å²) in [6, 6.07) is 0.698. The normalized spacial score (nSPS) is 25.3. The van der Waals surface area contributed by atoms with E-state index in [0.29, 0.717) is 6.04 Å². The van der Waals surface area contributed by atoms with E-state index < -0.39 is 0 Å². The molecule has 18 heavy (non-hydrogen) atoms. The van der Waals surface area contributed by atoms with E-state index in [0.717, 1.165) is 30.2 Å². The van der Waals surface area contributed by atoms with Crippen LogP contribution in [-0.4, -0.2) is 25.7 Å². The zero-order valence-electron chi connectivity index (χ0n) is 13.1. The second-order valence-corrected chi connectivity index (χ2v) is 6.76. The second kappa shape index (κ2) is 8.16. The van der Waals surface area contributed by atoms with Crippen molar-refractivity contribution in [3.63, 3.8) is 0 Å². The van der Waals surface area contributed by atoms with Crippen molar-refractivity contribution in [2.45, 2.75) is 59.9 Å². The van der Waals surface area contributed by atoms with Gasteiger partial charge in [0.1, 0.15) is 0 Å². The van der Waals surface area contributed by atoms with E-state index >= 15 is 0 Å². The second-order valence-electron chi connectivity index (χ2n) is 6.76. The quantitative estimate of drug-likeness (QED) is 0.728. The average Bonchev–Trinajstić information content (AvgIpc) is 2.34. The van der Waals surface area contributed by atoms with Gasteiger partial charge in [0.25, 0.3) is 0 Å². The van der Waals surface area contributed by atoms with E-state index in [1.165, 1.54) is 32.4 Å². The number of hydrogen-bond donors (Lipinski definition) is 2. The number of hydrogen-bond acceptors (Lipinski definition) is 2. The lowest BCUT2D eigenvalue weighted by Gasteiger charge is -2.31. The maximum absolute atomic E-state index is 3.70. The predicted octanol–water partition coefficient (Wildman–Crippen LogP) is 3.28. The zero-order valence-corrected chi connectivity index (χ0v) is 13.1. The Morgan fingerprint density at radius 1 is 1.17 bits per heavy atom. The van der Waals surface area contributed by atoms with Gasteiger partial charge in [0.05, 0.1) is 0 Å². The van der Waals surface area contributed by atoms with Crippen LogP contribution in [0.3, 0.4) is 0 Å². The van der Waals surface area contributed by atoms with Crippen LogP contribution in [0.5, 0.6) is 0 Å². The Bertz CT molecular complexity index is 205. The minimum absolute atomic E-state index is 0.698. The maximum atomic E-state index is 3.70. The Morgan fingerprint density at radius 3 is 2.39 bits per heavy atom. The van der Waals surface area contributed by atoms with Crippen molar-refractivity contribution in [2.24, 2.45) is 23.7 Å². The summed E-state index contributed by atoms with van der Waals surface area (Å²) in [6.45, 7) is 15.2. The van der Waals surface area contributed by atoms with Gasteiger partial charge in [-0.25, -0.2) is 0 Å². The highest BCUT2D eigenvalue weighted by molar-refractivity contribution is 4.80. The van der Waals surface area contributed by atoms with Crippen molar-refractivity contribution in [1.29, 1.82) is 0 Å². The molecule has 1 heterocycles. The van der Waals surface area contributed by atoms with Gasteiger partial charge in [0.2, 0.25) is 0 Å². The largest absolute Gasteiger partial charge is 0.315 e. The third-order valence-electron chi connectivity index (χ3n) is 4.66. The smallest absolute Gasteiger partial charge is 0.0195 e. The molecule has 1 rings (SSSR count). The molecule has 0 aliphatic carbocycles. The van der Waals surface area contributed by atoms with Gasteiger partial charge in [0.15, 0.2) is 0 Å². The summed E-state index contributed by atoms with van der Waals surface area (Å²) in [7, 11) is 0. The minimum Gasteiger partial charge on any atom is -0.315 e. The highest BCUT2D eigenvalue weighted by Gasteiger charge is 2.21. The lowest BCUT2D eigenvalue weighted by Crippen LogP contribution is -2.45. The predicted molar refractivity (Wildman–Crippen MR) is 80.8 cm³/mol. The molecule has 0 spiro atoms. The third-order valence-corrected chi connectivity index (χ3v) is 4.66. The molecule has 0 aromatic carbocycles. The number of nitrogens with one attached hydrogen (secondary N) is 2. The zero-order chi connectivity index (χ0) is 13.5. The standard InChI is InChI=1S/C16H34N2/c1-6-14-7-8-18-15(9-14)10-17-11-16(12(2)3)13(4)5/h12-18H,6-11H2,1-5H3. The van der Waals surface area contributed by atoms with Gasteiger partial charge in [-0.1, -0.05) is 41.0 Å². The van der Waals surface area contributed by atoms with Gasteiger partial charge in [-0.3, -0.25) is 0 Å². The molecule has 1 aliphatic rings. The molecular formula is C16H34N2. The minimum atomic E-state index is 0.698. The van der Waals surface area contributed by atoms with Crippen LogP contribution in [0.25, 0.3) is 0 Å². The molecule has 0 aromatic heterocycles. The maximum Gasteiger partial charge on any atom is 0.0195 e. The van der Waals surface area contributed by atoms with E-state index in [1.807, 2.05) is 0 Å². The first kappa shape index (κ1) is 16.0. The van der Waals surface area contributed by atoms with E-state index in [-0.39, 0.29) is 0 Å². The SMILES string of the molecule is CCC1CCNC(CNCC(C(C)C)C(C)C)C1. The molecule has 2 heteroatoms. The van der Waals surface area contributed by atoms with Crippen LogP contribution >= 0.6 is 0 Å². The lowest BCUT2D eigenvalue weighted by atomic mass is 9.85. The molecule has 1 aliphatic heterocycles. The van der Waals surface area contributed by atoms with Gasteiger partial charge >= 0.3 is 0 Å². The summed E-state index contributed by atoms with van der Waals surface area (Å²) in [5.74, 6) is 3.31. The topological polar surface area (TPSA) is 24.1 Å². The van der Waals surface area contributed by atoms with Crippen molar-refractivity contribution in [3.05, 3.63) is 0 Å². The number of piperidine rings is 1. The van der Waals surface area contributed by atoms with E-state index in [1.54, 1.807) is 0 Å². The van der Waals surface area contributed by atoms with Crippen LogP contribution < -0.4 is 10.6 Å². The van der Waals surface area contributed by atoms with Crippen molar-refractivity contribution >= 4 is 0 Å². The van der Waals surface area contributed by atoms with E-state index in [2.05, 4.69) is 45.3 Å². The van der Waals surface area contributed by atoms with Crippen LogP contribution in [0.2, 0.25) is 0 Å². The van der Waals surface area contributed by atoms with Crippen molar-refractivity contribution < 1.29 is 0 Å². The Kier molecular flexibility index (Phi) is 7.25. The molecule has 2 atom stereocenters. The first-order chi connectivity index (χ1) is 8.54. The van der Waals surface area contributed by atoms with Crippen LogP contribution in [0, 0.1) is 23.7 Å². The van der Waals surface area contributed by atoms with Crippen molar-refractivity contribution in [2.75, 3.05) is 19.6 Å². The highest BCUT2D eigenvalue weighted by atomic mass is 15.0. The molecular weight excluding hydrogens is 220 g/mol. The Balaban J connectivity index is 2.23. The molecule has 2 unspecified atom stereocenters. The number of rotatable bonds is 7. The van der Waals surface area contributed by atoms with Crippen LogP contribution in [0.15, 0.2) is 0 Å². The molecule has 0 amide bonds. The summed E-state index contributed by atoms with van der Waals surface area (Å²) in [6.07, 6.45) is 4.07. The summed E-state index contributed by atoms with van der Waals surface area (Å²) in [4.78, 5) is 0. The van der Waals surface area contributed by atoms with Crippen LogP contribution in [0.4, 0.5) is 0 Å². The van der Waals surface area contributed by atoms with Gasteiger partial charge in [-0.05, 0) is 49.6 Å². The van der Waals surface area contributed by atoms with Crippen molar-refractivity contribution in [3.8, 4) is 0 Å². The molecule has 1 fully saturated rings. The summed E-state index contributed by atoms with van der Waals surface area (Å²) in [5.41, 5.74) is 0. The molecule has 0 saturated carbocycles. The Labute approximate surface area is 114 Å². The lowest BCUT2D eigenvalue weighted by molar-refractivity contribution is 0.253. The van der Waals surface area contributed by atoms with Crippen LogP contribution in [-0.2, 0) is 0 Å². The van der Waals surface area contributed by atoms with Crippen LogP contribution in [0.1, 0.15) is 53.9 Å². The van der Waals surface area contributed by atoms with E-state index in [9.17, 15) is 0 Å². The Hall–Kier alpha value is -0.0800. The van der Waals surface area contributed by atoms with E-state index in [4.69, 9.17) is 0 Å². The highest BCUT2D eigenvalue weighted by Crippen LogP contribution is 2.21. The molecule has 0 bridgehead atoms. The first-order valence-electron chi connectivity index (χ1n) is 7.98. The fraction of sp³-hybridized carbons (Fsp3) is 1.00. The Morgan fingerprint density at radius 2 is 1.83 bits per heavy atom. The molecule has 2 N–H and O–H groups in total. The average molecular weight is 254 g/mol. The molecule has 108 valence electrons. The fourth-order valence-electron chi connectivity index (χ4n) is 3.29. The monoisotopic (exact) mass is 254 g/mol. The molecule has 2 nitrogen and oxygen atoms in total. The third kappa shape index (κ3) is 5.27. The van der Waals surface area contributed by atoms with Gasteiger partial charge < -0.3 is 10.6 Å². The molecule has 0 radical (unpaired) electrons. The molecule has 1 saturated heterocycles.